The molecule has 3 rings (SSSR count). The third-order valence-corrected chi connectivity index (χ3v) is 4.70. The van der Waals surface area contributed by atoms with E-state index in [0.717, 1.165) is 6.54 Å². The molecule has 1 aromatic heterocycles. The van der Waals surface area contributed by atoms with E-state index in [2.05, 4.69) is 46.4 Å². The van der Waals surface area contributed by atoms with E-state index in [1.54, 1.807) is 0 Å². The Kier molecular flexibility index (Phi) is 4.20. The van der Waals surface area contributed by atoms with Gasteiger partial charge in [0.25, 0.3) is 0 Å². The number of aromatic nitrogens is 2. The van der Waals surface area contributed by atoms with E-state index in [-0.39, 0.29) is 0 Å². The van der Waals surface area contributed by atoms with Crippen molar-refractivity contribution in [3.63, 3.8) is 0 Å². The molecule has 2 aromatic rings. The summed E-state index contributed by atoms with van der Waals surface area (Å²) in [5.41, 5.74) is 2.48. The highest BCUT2D eigenvalue weighted by Gasteiger charge is 2.13. The van der Waals surface area contributed by atoms with Gasteiger partial charge < -0.3 is 5.32 Å². The van der Waals surface area contributed by atoms with Crippen LogP contribution in [-0.2, 0) is 6.54 Å². The zero-order valence-corrected chi connectivity index (χ0v) is 11.8. The van der Waals surface area contributed by atoms with Crippen molar-refractivity contribution in [2.75, 3.05) is 11.5 Å². The van der Waals surface area contributed by atoms with Crippen LogP contribution in [0.1, 0.15) is 18.4 Å². The molecular weight excluding hydrogens is 254 g/mol. The van der Waals surface area contributed by atoms with E-state index in [1.807, 2.05) is 23.1 Å². The molecule has 0 aliphatic carbocycles. The van der Waals surface area contributed by atoms with Gasteiger partial charge in [-0.25, -0.2) is 4.68 Å². The third kappa shape index (κ3) is 3.19. The monoisotopic (exact) mass is 273 g/mol. The summed E-state index contributed by atoms with van der Waals surface area (Å²) >= 11 is 2.06. The first-order chi connectivity index (χ1) is 9.43. The van der Waals surface area contributed by atoms with Crippen molar-refractivity contribution in [1.82, 2.24) is 15.1 Å². The van der Waals surface area contributed by atoms with Gasteiger partial charge in [-0.2, -0.15) is 16.9 Å². The molecule has 1 atom stereocenters. The number of benzene rings is 1. The van der Waals surface area contributed by atoms with Gasteiger partial charge in [0.15, 0.2) is 0 Å². The lowest BCUT2D eigenvalue weighted by Crippen LogP contribution is -2.33. The summed E-state index contributed by atoms with van der Waals surface area (Å²) in [5, 5.41) is 8.00. The normalized spacial score (nSPS) is 19.5. The van der Waals surface area contributed by atoms with E-state index < -0.39 is 0 Å². The minimum Gasteiger partial charge on any atom is -0.309 e. The summed E-state index contributed by atoms with van der Waals surface area (Å²) in [5.74, 6) is 2.56. The van der Waals surface area contributed by atoms with Crippen molar-refractivity contribution < 1.29 is 0 Å². The Bertz CT molecular complexity index is 504. The maximum atomic E-state index is 4.33. The number of nitrogens with zero attached hydrogens (tertiary/aromatic N) is 2. The predicted molar refractivity (Wildman–Crippen MR) is 80.8 cm³/mol. The first kappa shape index (κ1) is 12.8. The lowest BCUT2D eigenvalue weighted by molar-refractivity contribution is 0.507. The van der Waals surface area contributed by atoms with Crippen molar-refractivity contribution in [2.24, 2.45) is 0 Å². The van der Waals surface area contributed by atoms with Crippen molar-refractivity contribution in [3.8, 4) is 5.69 Å². The Balaban J connectivity index is 1.70. The summed E-state index contributed by atoms with van der Waals surface area (Å²) in [6, 6.07) is 11.1. The first-order valence-electron chi connectivity index (χ1n) is 6.82. The van der Waals surface area contributed by atoms with Gasteiger partial charge in [-0.05, 0) is 36.3 Å². The molecule has 0 bridgehead atoms. The molecule has 1 aromatic carbocycles. The lowest BCUT2D eigenvalue weighted by Gasteiger charge is -2.23. The Labute approximate surface area is 118 Å². The van der Waals surface area contributed by atoms with Crippen molar-refractivity contribution in [3.05, 3.63) is 48.3 Å². The summed E-state index contributed by atoms with van der Waals surface area (Å²) in [6.07, 6.45) is 6.46. The Morgan fingerprint density at radius 2 is 2.26 bits per heavy atom. The van der Waals surface area contributed by atoms with E-state index in [4.69, 9.17) is 0 Å². The van der Waals surface area contributed by atoms with Crippen LogP contribution in [0.3, 0.4) is 0 Å². The quantitative estimate of drug-likeness (QED) is 0.929. The fourth-order valence-corrected chi connectivity index (χ4v) is 3.56. The maximum absolute atomic E-state index is 4.33. The highest BCUT2D eigenvalue weighted by atomic mass is 32.2. The van der Waals surface area contributed by atoms with Crippen LogP contribution in [0.5, 0.6) is 0 Å². The molecule has 3 nitrogen and oxygen atoms in total. The third-order valence-electron chi connectivity index (χ3n) is 3.48. The first-order valence-corrected chi connectivity index (χ1v) is 7.98. The molecule has 0 amide bonds. The van der Waals surface area contributed by atoms with E-state index >= 15 is 0 Å². The van der Waals surface area contributed by atoms with Gasteiger partial charge in [0.05, 0.1) is 5.69 Å². The second kappa shape index (κ2) is 6.26. The van der Waals surface area contributed by atoms with Gasteiger partial charge in [0, 0.05) is 30.7 Å². The molecule has 1 N–H and O–H groups in total. The smallest absolute Gasteiger partial charge is 0.0690 e. The summed E-state index contributed by atoms with van der Waals surface area (Å²) in [6.45, 7) is 0.918. The van der Waals surface area contributed by atoms with E-state index in [9.17, 15) is 0 Å². The van der Waals surface area contributed by atoms with Crippen LogP contribution in [-0.4, -0.2) is 27.3 Å². The molecule has 0 radical (unpaired) electrons. The predicted octanol–water partition coefficient (Wildman–Crippen LogP) is 2.86. The number of hydrogen-bond donors (Lipinski definition) is 1. The molecule has 19 heavy (non-hydrogen) atoms. The number of nitrogens with one attached hydrogen (secondary N) is 1. The number of thioether (sulfide) groups is 1. The second-order valence-corrected chi connectivity index (χ2v) is 6.02. The van der Waals surface area contributed by atoms with E-state index in [1.165, 1.54) is 35.6 Å². The van der Waals surface area contributed by atoms with Gasteiger partial charge in [-0.3, -0.25) is 0 Å². The topological polar surface area (TPSA) is 29.9 Å². The van der Waals surface area contributed by atoms with Crippen LogP contribution in [0.15, 0.2) is 42.7 Å². The average Bonchev–Trinajstić information content (AvgIpc) is 3.01. The standard InChI is InChI=1S/C15H19N3S/c1-2-7-15(18-9-4-8-17-18)13(5-1)11-16-14-6-3-10-19-12-14/h1-2,4-5,7-9,14,16H,3,6,10-12H2. The molecule has 1 saturated heterocycles. The van der Waals surface area contributed by atoms with Crippen LogP contribution in [0.4, 0.5) is 0 Å². The average molecular weight is 273 g/mol. The van der Waals surface area contributed by atoms with Crippen LogP contribution >= 0.6 is 11.8 Å². The minimum atomic E-state index is 0.657. The molecule has 1 aliphatic rings. The van der Waals surface area contributed by atoms with Gasteiger partial charge in [0.2, 0.25) is 0 Å². The lowest BCUT2D eigenvalue weighted by atomic mass is 10.1. The van der Waals surface area contributed by atoms with Crippen LogP contribution in [0, 0.1) is 0 Å². The van der Waals surface area contributed by atoms with Gasteiger partial charge in [0.1, 0.15) is 0 Å². The fraction of sp³-hybridized carbons (Fsp3) is 0.400. The van der Waals surface area contributed by atoms with Crippen LogP contribution in [0.2, 0.25) is 0 Å². The van der Waals surface area contributed by atoms with Crippen LogP contribution in [0.25, 0.3) is 5.69 Å². The highest BCUT2D eigenvalue weighted by molar-refractivity contribution is 7.99. The Morgan fingerprint density at radius 3 is 3.05 bits per heavy atom. The number of hydrogen-bond acceptors (Lipinski definition) is 3. The molecule has 1 fully saturated rings. The molecule has 0 spiro atoms. The molecule has 0 saturated carbocycles. The minimum absolute atomic E-state index is 0.657. The number of para-hydroxylation sites is 1. The van der Waals surface area contributed by atoms with E-state index in [0.29, 0.717) is 6.04 Å². The Morgan fingerprint density at radius 1 is 1.32 bits per heavy atom. The molecule has 1 aliphatic heterocycles. The fourth-order valence-electron chi connectivity index (χ4n) is 2.45. The Hall–Kier alpha value is -1.26. The molecular formula is C15H19N3S. The van der Waals surface area contributed by atoms with Crippen molar-refractivity contribution >= 4 is 11.8 Å². The van der Waals surface area contributed by atoms with Gasteiger partial charge in [-0.15, -0.1) is 0 Å². The summed E-state index contributed by atoms with van der Waals surface area (Å²) in [7, 11) is 0. The highest BCUT2D eigenvalue weighted by Crippen LogP contribution is 2.18. The van der Waals surface area contributed by atoms with Gasteiger partial charge >= 0.3 is 0 Å². The van der Waals surface area contributed by atoms with Crippen LogP contribution < -0.4 is 5.32 Å². The molecule has 100 valence electrons. The SMILES string of the molecule is c1ccc(-n2cccn2)c(CNC2CCCSC2)c1. The zero-order valence-electron chi connectivity index (χ0n) is 11.0. The summed E-state index contributed by atoms with van der Waals surface area (Å²) in [4.78, 5) is 0. The molecule has 4 heteroatoms. The largest absolute Gasteiger partial charge is 0.309 e. The summed E-state index contributed by atoms with van der Waals surface area (Å²) < 4.78 is 1.94. The number of rotatable bonds is 4. The van der Waals surface area contributed by atoms with Crippen molar-refractivity contribution in [1.29, 1.82) is 0 Å². The zero-order chi connectivity index (χ0) is 12.9. The molecule has 2 heterocycles. The van der Waals surface area contributed by atoms with Crippen molar-refractivity contribution in [2.45, 2.75) is 25.4 Å². The second-order valence-electron chi connectivity index (χ2n) is 4.87. The van der Waals surface area contributed by atoms with Gasteiger partial charge in [-0.1, -0.05) is 18.2 Å². The molecule has 1 unspecified atom stereocenters. The maximum Gasteiger partial charge on any atom is 0.0690 e.